The molecule has 2 aromatic rings. The lowest BCUT2D eigenvalue weighted by Crippen LogP contribution is -2.02. The lowest BCUT2D eigenvalue weighted by atomic mass is 10.3. The van der Waals surface area contributed by atoms with Gasteiger partial charge in [-0.15, -0.1) is 0 Å². The van der Waals surface area contributed by atoms with Crippen molar-refractivity contribution in [3.63, 3.8) is 0 Å². The Balaban J connectivity index is 2.37. The van der Waals surface area contributed by atoms with Crippen LogP contribution >= 0.6 is 0 Å². The van der Waals surface area contributed by atoms with Crippen molar-refractivity contribution in [3.05, 3.63) is 42.1 Å². The molecule has 1 N–H and O–H groups in total. The number of hydrogen-bond acceptors (Lipinski definition) is 6. The first-order valence-corrected chi connectivity index (χ1v) is 7.27. The fourth-order valence-corrected chi connectivity index (χ4v) is 2.26. The molecule has 0 saturated heterocycles. The average Bonchev–Trinajstić information content (AvgIpc) is 2.38. The van der Waals surface area contributed by atoms with Crippen molar-refractivity contribution in [1.29, 1.82) is 5.26 Å². The van der Waals surface area contributed by atoms with Gasteiger partial charge in [-0.25, -0.2) is 22.8 Å². The van der Waals surface area contributed by atoms with E-state index in [1.165, 1.54) is 18.6 Å². The van der Waals surface area contributed by atoms with Gasteiger partial charge >= 0.3 is 0 Å². The zero-order valence-corrected chi connectivity index (χ0v) is 11.1. The first-order valence-electron chi connectivity index (χ1n) is 5.38. The van der Waals surface area contributed by atoms with Crippen molar-refractivity contribution in [1.82, 2.24) is 9.97 Å². The summed E-state index contributed by atoms with van der Waals surface area (Å²) in [4.78, 5) is 7.17. The minimum absolute atomic E-state index is 0.195. The van der Waals surface area contributed by atoms with E-state index in [-0.39, 0.29) is 22.0 Å². The molecular formula is C12H9FN4O2S. The summed E-state index contributed by atoms with van der Waals surface area (Å²) < 4.78 is 36.3. The highest BCUT2D eigenvalue weighted by molar-refractivity contribution is 7.90. The minimum atomic E-state index is -3.62. The maximum atomic E-state index is 13.7. The summed E-state index contributed by atoms with van der Waals surface area (Å²) in [5.41, 5.74) is 0.477. The van der Waals surface area contributed by atoms with Crippen LogP contribution in [0.25, 0.3) is 0 Å². The number of anilines is 2. The number of hydrogen-bond donors (Lipinski definition) is 1. The molecule has 0 fully saturated rings. The van der Waals surface area contributed by atoms with Gasteiger partial charge < -0.3 is 5.32 Å². The Morgan fingerprint density at radius 3 is 2.75 bits per heavy atom. The van der Waals surface area contributed by atoms with Crippen LogP contribution in [0.1, 0.15) is 5.56 Å². The largest absolute Gasteiger partial charge is 0.339 e. The number of sulfone groups is 1. The second kappa shape index (κ2) is 5.22. The highest BCUT2D eigenvalue weighted by Gasteiger charge is 2.14. The van der Waals surface area contributed by atoms with Crippen LogP contribution in [0.2, 0.25) is 0 Å². The summed E-state index contributed by atoms with van der Waals surface area (Å²) in [5.74, 6) is -0.654. The summed E-state index contributed by atoms with van der Waals surface area (Å²) in [6, 6.07) is 5.46. The van der Waals surface area contributed by atoms with Crippen molar-refractivity contribution in [2.24, 2.45) is 0 Å². The maximum absolute atomic E-state index is 13.7. The number of halogens is 1. The Morgan fingerprint density at radius 2 is 2.15 bits per heavy atom. The van der Waals surface area contributed by atoms with Crippen LogP contribution in [0.5, 0.6) is 0 Å². The molecular weight excluding hydrogens is 283 g/mol. The van der Waals surface area contributed by atoms with Crippen LogP contribution in [0.15, 0.2) is 35.6 Å². The molecule has 2 rings (SSSR count). The van der Waals surface area contributed by atoms with E-state index in [4.69, 9.17) is 5.26 Å². The van der Waals surface area contributed by atoms with Crippen LogP contribution in [0.3, 0.4) is 0 Å². The summed E-state index contributed by atoms with van der Waals surface area (Å²) >= 11 is 0. The molecule has 0 aliphatic heterocycles. The van der Waals surface area contributed by atoms with Crippen LogP contribution in [0, 0.1) is 17.1 Å². The predicted molar refractivity (Wildman–Crippen MR) is 69.5 cm³/mol. The van der Waals surface area contributed by atoms with Gasteiger partial charge in [0, 0.05) is 11.9 Å². The minimum Gasteiger partial charge on any atom is -0.339 e. The Bertz CT molecular complexity index is 799. The van der Waals surface area contributed by atoms with Gasteiger partial charge in [-0.3, -0.25) is 0 Å². The van der Waals surface area contributed by atoms with Gasteiger partial charge in [0.1, 0.15) is 28.7 Å². The third-order valence-corrected chi connectivity index (χ3v) is 3.56. The van der Waals surface area contributed by atoms with E-state index in [9.17, 15) is 12.8 Å². The van der Waals surface area contributed by atoms with Crippen molar-refractivity contribution < 1.29 is 12.8 Å². The SMILES string of the molecule is CS(=O)(=O)c1ccc(Nc2ncncc2C#N)cc1F. The van der Waals surface area contributed by atoms with Crippen molar-refractivity contribution >= 4 is 21.3 Å². The zero-order chi connectivity index (χ0) is 14.8. The molecule has 0 aliphatic rings. The number of nitrogens with one attached hydrogen (secondary N) is 1. The molecule has 0 spiro atoms. The topological polar surface area (TPSA) is 95.7 Å². The molecule has 0 aliphatic carbocycles. The Kier molecular flexibility index (Phi) is 3.63. The molecule has 1 aromatic carbocycles. The molecule has 0 saturated carbocycles. The van der Waals surface area contributed by atoms with Crippen LogP contribution in [0.4, 0.5) is 15.9 Å². The third-order valence-electron chi connectivity index (χ3n) is 2.43. The first kappa shape index (κ1) is 13.9. The van der Waals surface area contributed by atoms with Crippen molar-refractivity contribution in [2.45, 2.75) is 4.90 Å². The lowest BCUT2D eigenvalue weighted by molar-refractivity contribution is 0.571. The number of nitrogens with zero attached hydrogens (tertiary/aromatic N) is 3. The molecule has 0 bridgehead atoms. The lowest BCUT2D eigenvalue weighted by Gasteiger charge is -2.08. The molecule has 102 valence electrons. The molecule has 20 heavy (non-hydrogen) atoms. The fraction of sp³-hybridized carbons (Fsp3) is 0.0833. The van der Waals surface area contributed by atoms with Gasteiger partial charge in [-0.1, -0.05) is 0 Å². The van der Waals surface area contributed by atoms with Gasteiger partial charge in [0.25, 0.3) is 0 Å². The monoisotopic (exact) mass is 292 g/mol. The van der Waals surface area contributed by atoms with E-state index in [0.29, 0.717) is 0 Å². The number of aromatic nitrogens is 2. The molecule has 8 heteroatoms. The third kappa shape index (κ3) is 2.89. The maximum Gasteiger partial charge on any atom is 0.178 e. The smallest absolute Gasteiger partial charge is 0.178 e. The fourth-order valence-electron chi connectivity index (χ4n) is 1.53. The highest BCUT2D eigenvalue weighted by atomic mass is 32.2. The molecule has 1 aromatic heterocycles. The van der Waals surface area contributed by atoms with Crippen LogP contribution in [-0.4, -0.2) is 24.6 Å². The standard InChI is InChI=1S/C12H9FN4O2S/c1-20(18,19)11-3-2-9(4-10(11)13)17-12-8(5-14)6-15-7-16-12/h2-4,6-7H,1H3,(H,15,16,17). The molecule has 1 heterocycles. The van der Waals surface area contributed by atoms with Gasteiger partial charge in [0.05, 0.1) is 6.20 Å². The number of nitriles is 1. The summed E-state index contributed by atoms with van der Waals surface area (Å²) in [6.45, 7) is 0. The van der Waals surface area contributed by atoms with E-state index in [1.807, 2.05) is 6.07 Å². The van der Waals surface area contributed by atoms with Gasteiger partial charge in [-0.2, -0.15) is 5.26 Å². The number of benzene rings is 1. The Labute approximate surface area is 114 Å². The summed E-state index contributed by atoms with van der Waals surface area (Å²) in [7, 11) is -3.62. The zero-order valence-electron chi connectivity index (χ0n) is 10.3. The highest BCUT2D eigenvalue weighted by Crippen LogP contribution is 2.22. The van der Waals surface area contributed by atoms with Crippen LogP contribution in [-0.2, 0) is 9.84 Å². The van der Waals surface area contributed by atoms with Gasteiger partial charge in [0.15, 0.2) is 15.7 Å². The van der Waals surface area contributed by atoms with Crippen LogP contribution < -0.4 is 5.32 Å². The molecule has 0 unspecified atom stereocenters. The van der Waals surface area contributed by atoms with Gasteiger partial charge in [-0.05, 0) is 18.2 Å². The van der Waals surface area contributed by atoms with E-state index >= 15 is 0 Å². The first-order chi connectivity index (χ1) is 9.41. The summed E-state index contributed by atoms with van der Waals surface area (Å²) in [6.07, 6.45) is 3.48. The molecule has 0 amide bonds. The van der Waals surface area contributed by atoms with Gasteiger partial charge in [0.2, 0.25) is 0 Å². The Hall–Kier alpha value is -2.53. The van der Waals surface area contributed by atoms with E-state index < -0.39 is 15.7 Å². The van der Waals surface area contributed by atoms with Crippen molar-refractivity contribution in [2.75, 3.05) is 11.6 Å². The Morgan fingerprint density at radius 1 is 1.40 bits per heavy atom. The molecule has 0 radical (unpaired) electrons. The van der Waals surface area contributed by atoms with Crippen molar-refractivity contribution in [3.8, 4) is 6.07 Å². The molecule has 6 nitrogen and oxygen atoms in total. The normalized spacial score (nSPS) is 10.8. The average molecular weight is 292 g/mol. The number of rotatable bonds is 3. The quantitative estimate of drug-likeness (QED) is 0.923. The summed E-state index contributed by atoms with van der Waals surface area (Å²) in [5, 5.41) is 11.6. The molecule has 0 atom stereocenters. The van der Waals surface area contributed by atoms with E-state index in [0.717, 1.165) is 18.4 Å². The second-order valence-corrected chi connectivity index (χ2v) is 5.92. The van der Waals surface area contributed by atoms with E-state index in [1.54, 1.807) is 0 Å². The van der Waals surface area contributed by atoms with E-state index in [2.05, 4.69) is 15.3 Å². The second-order valence-electron chi connectivity index (χ2n) is 3.94. The predicted octanol–water partition coefficient (Wildman–Crippen LogP) is 1.63.